The van der Waals surface area contributed by atoms with Gasteiger partial charge >= 0.3 is 5.97 Å². The Morgan fingerprint density at radius 2 is 2.16 bits per heavy atom. The first kappa shape index (κ1) is 13.5. The number of carboxylic acids is 1. The zero-order chi connectivity index (χ0) is 13.8. The van der Waals surface area contributed by atoms with Crippen molar-refractivity contribution in [2.75, 3.05) is 23.9 Å². The minimum absolute atomic E-state index is 0.242. The third kappa shape index (κ3) is 3.29. The molecule has 0 radical (unpaired) electrons. The molecule has 2 aromatic rings. The van der Waals surface area contributed by atoms with Gasteiger partial charge in [0.05, 0.1) is 11.1 Å². The molecule has 1 aromatic carbocycles. The summed E-state index contributed by atoms with van der Waals surface area (Å²) in [6.45, 7) is 0.570. The fraction of sp³-hybridized carbons (Fsp3) is 0.231. The lowest BCUT2D eigenvalue weighted by atomic mass is 10.1. The van der Waals surface area contributed by atoms with Crippen LogP contribution in [0.4, 0.5) is 5.82 Å². The van der Waals surface area contributed by atoms with Crippen LogP contribution in [0.25, 0.3) is 10.9 Å². The largest absolute Gasteiger partial charge is 0.478 e. The van der Waals surface area contributed by atoms with Crippen molar-refractivity contribution in [3.8, 4) is 0 Å². The van der Waals surface area contributed by atoms with Gasteiger partial charge in [0.15, 0.2) is 0 Å². The zero-order valence-corrected chi connectivity index (χ0v) is 11.2. The third-order valence-corrected chi connectivity index (χ3v) is 3.44. The van der Waals surface area contributed by atoms with Crippen LogP contribution in [0.2, 0.25) is 0 Å². The standard InChI is InChI=1S/C13H14N2O3S/c1-19(18)8-7-14-12-6-5-9-10(13(16)17)3-2-4-11(9)15-12/h2-6H,7-8H2,1H3,(H,14,15)(H,16,17). The Kier molecular flexibility index (Phi) is 4.11. The molecule has 0 fully saturated rings. The van der Waals surface area contributed by atoms with E-state index in [1.54, 1.807) is 36.6 Å². The molecular formula is C13H14N2O3S. The van der Waals surface area contributed by atoms with Crippen LogP contribution in [0.15, 0.2) is 30.3 Å². The van der Waals surface area contributed by atoms with Gasteiger partial charge in [-0.05, 0) is 24.3 Å². The number of anilines is 1. The highest BCUT2D eigenvalue weighted by Crippen LogP contribution is 2.19. The summed E-state index contributed by atoms with van der Waals surface area (Å²) in [6.07, 6.45) is 1.65. The van der Waals surface area contributed by atoms with Gasteiger partial charge in [-0.3, -0.25) is 4.21 Å². The number of fused-ring (bicyclic) bond motifs is 1. The van der Waals surface area contributed by atoms with Gasteiger partial charge in [-0.15, -0.1) is 0 Å². The van der Waals surface area contributed by atoms with Crippen LogP contribution >= 0.6 is 0 Å². The van der Waals surface area contributed by atoms with E-state index in [1.165, 1.54) is 0 Å². The summed E-state index contributed by atoms with van der Waals surface area (Å²) in [5.41, 5.74) is 0.869. The van der Waals surface area contributed by atoms with Crippen molar-refractivity contribution >= 4 is 33.5 Å². The average molecular weight is 278 g/mol. The Bertz CT molecular complexity index is 643. The number of hydrogen-bond acceptors (Lipinski definition) is 4. The van der Waals surface area contributed by atoms with Gasteiger partial charge in [0.25, 0.3) is 0 Å². The Labute approximate surface area is 113 Å². The summed E-state index contributed by atoms with van der Waals surface area (Å²) in [6, 6.07) is 8.46. The predicted octanol–water partition coefficient (Wildman–Crippen LogP) is 1.72. The molecule has 0 saturated heterocycles. The van der Waals surface area contributed by atoms with Gasteiger partial charge in [-0.1, -0.05) is 6.07 Å². The van der Waals surface area contributed by atoms with Crippen molar-refractivity contribution < 1.29 is 14.1 Å². The minimum atomic E-state index is -0.963. The van der Waals surface area contributed by atoms with Crippen LogP contribution in [0.5, 0.6) is 0 Å². The fourth-order valence-electron chi connectivity index (χ4n) is 1.76. The first-order chi connectivity index (χ1) is 9.08. The highest BCUT2D eigenvalue weighted by atomic mass is 32.2. The molecule has 0 amide bonds. The van der Waals surface area contributed by atoms with E-state index in [-0.39, 0.29) is 5.56 Å². The summed E-state index contributed by atoms with van der Waals surface area (Å²) in [5.74, 6) is 0.240. The second-order valence-corrected chi connectivity index (χ2v) is 5.63. The van der Waals surface area contributed by atoms with Crippen LogP contribution in [-0.4, -0.2) is 38.8 Å². The number of hydrogen-bond donors (Lipinski definition) is 2. The molecule has 1 unspecified atom stereocenters. The topological polar surface area (TPSA) is 79.3 Å². The molecule has 5 nitrogen and oxygen atoms in total. The lowest BCUT2D eigenvalue weighted by Gasteiger charge is -2.07. The molecule has 6 heteroatoms. The number of pyridine rings is 1. The van der Waals surface area contributed by atoms with Crippen molar-refractivity contribution in [3.05, 3.63) is 35.9 Å². The Balaban J connectivity index is 2.26. The molecule has 0 bridgehead atoms. The number of carboxylic acid groups (broad SMARTS) is 1. The van der Waals surface area contributed by atoms with E-state index in [2.05, 4.69) is 10.3 Å². The number of aromatic nitrogens is 1. The maximum atomic E-state index is 11.1. The Morgan fingerprint density at radius 3 is 2.84 bits per heavy atom. The number of carbonyl (C=O) groups is 1. The third-order valence-electron chi connectivity index (χ3n) is 2.66. The van der Waals surface area contributed by atoms with Gasteiger partial charge < -0.3 is 10.4 Å². The van der Waals surface area contributed by atoms with Crippen LogP contribution in [0.3, 0.4) is 0 Å². The van der Waals surface area contributed by atoms with E-state index >= 15 is 0 Å². The average Bonchev–Trinajstić information content (AvgIpc) is 2.37. The molecule has 1 aromatic heterocycles. The minimum Gasteiger partial charge on any atom is -0.478 e. The second kappa shape index (κ2) is 5.79. The van der Waals surface area contributed by atoms with E-state index < -0.39 is 16.8 Å². The molecule has 0 aliphatic rings. The van der Waals surface area contributed by atoms with E-state index in [4.69, 9.17) is 5.11 Å². The second-order valence-electron chi connectivity index (χ2n) is 4.08. The van der Waals surface area contributed by atoms with Gasteiger partial charge in [-0.25, -0.2) is 9.78 Å². The molecule has 1 atom stereocenters. The highest BCUT2D eigenvalue weighted by molar-refractivity contribution is 7.84. The van der Waals surface area contributed by atoms with Gasteiger partial charge in [0.2, 0.25) is 0 Å². The lowest BCUT2D eigenvalue weighted by Crippen LogP contribution is -2.10. The molecular weight excluding hydrogens is 264 g/mol. The van der Waals surface area contributed by atoms with Crippen molar-refractivity contribution in [1.29, 1.82) is 0 Å². The molecule has 0 spiro atoms. The smallest absolute Gasteiger partial charge is 0.336 e. The van der Waals surface area contributed by atoms with Gasteiger partial charge in [-0.2, -0.15) is 0 Å². The van der Waals surface area contributed by atoms with E-state index in [0.29, 0.717) is 29.0 Å². The van der Waals surface area contributed by atoms with Crippen LogP contribution in [-0.2, 0) is 10.8 Å². The molecule has 0 aliphatic carbocycles. The van der Waals surface area contributed by atoms with Crippen molar-refractivity contribution in [1.82, 2.24) is 4.98 Å². The number of aromatic carboxylic acids is 1. The lowest BCUT2D eigenvalue weighted by molar-refractivity contribution is 0.0699. The van der Waals surface area contributed by atoms with Gasteiger partial charge in [0.1, 0.15) is 5.82 Å². The number of rotatable bonds is 5. The summed E-state index contributed by atoms with van der Waals surface area (Å²) >= 11 is 0. The first-order valence-corrected chi connectivity index (χ1v) is 7.47. The highest BCUT2D eigenvalue weighted by Gasteiger charge is 2.08. The predicted molar refractivity (Wildman–Crippen MR) is 76.1 cm³/mol. The summed E-state index contributed by atoms with van der Waals surface area (Å²) < 4.78 is 11.0. The summed E-state index contributed by atoms with van der Waals surface area (Å²) in [7, 11) is -0.844. The number of nitrogens with zero attached hydrogens (tertiary/aromatic N) is 1. The van der Waals surface area contributed by atoms with Gasteiger partial charge in [0, 0.05) is 34.7 Å². The van der Waals surface area contributed by atoms with Crippen molar-refractivity contribution in [3.63, 3.8) is 0 Å². The van der Waals surface area contributed by atoms with Crippen molar-refractivity contribution in [2.45, 2.75) is 0 Å². The van der Waals surface area contributed by atoms with E-state index in [1.807, 2.05) is 0 Å². The fourth-order valence-corrected chi connectivity index (χ4v) is 2.15. The maximum absolute atomic E-state index is 11.1. The van der Waals surface area contributed by atoms with Crippen LogP contribution in [0, 0.1) is 0 Å². The molecule has 100 valence electrons. The monoisotopic (exact) mass is 278 g/mol. The number of benzene rings is 1. The van der Waals surface area contributed by atoms with Crippen LogP contribution in [0.1, 0.15) is 10.4 Å². The maximum Gasteiger partial charge on any atom is 0.336 e. The first-order valence-electron chi connectivity index (χ1n) is 5.75. The van der Waals surface area contributed by atoms with E-state index in [9.17, 15) is 9.00 Å². The molecule has 2 N–H and O–H groups in total. The number of nitrogens with one attached hydrogen (secondary N) is 1. The quantitative estimate of drug-likeness (QED) is 0.870. The molecule has 1 heterocycles. The zero-order valence-electron chi connectivity index (χ0n) is 10.4. The normalized spacial score (nSPS) is 12.3. The Morgan fingerprint density at radius 1 is 1.37 bits per heavy atom. The summed E-state index contributed by atoms with van der Waals surface area (Å²) in [5, 5.41) is 12.8. The summed E-state index contributed by atoms with van der Waals surface area (Å²) in [4.78, 5) is 15.4. The van der Waals surface area contributed by atoms with Crippen LogP contribution < -0.4 is 5.32 Å². The molecule has 0 saturated carbocycles. The molecule has 2 rings (SSSR count). The van der Waals surface area contributed by atoms with Crippen molar-refractivity contribution in [2.24, 2.45) is 0 Å². The molecule has 0 aliphatic heterocycles. The SMILES string of the molecule is CS(=O)CCNc1ccc2c(C(=O)O)cccc2n1. The van der Waals surface area contributed by atoms with E-state index in [0.717, 1.165) is 0 Å². The molecule has 19 heavy (non-hydrogen) atoms. The Hall–Kier alpha value is -1.95.